The lowest BCUT2D eigenvalue weighted by Crippen LogP contribution is -2.22. The van der Waals surface area contributed by atoms with Crippen LogP contribution in [0.2, 0.25) is 5.02 Å². The van der Waals surface area contributed by atoms with Crippen LogP contribution in [0.4, 0.5) is 5.69 Å². The van der Waals surface area contributed by atoms with Gasteiger partial charge < -0.3 is 9.88 Å². The number of halogens is 1. The third-order valence-electron chi connectivity index (χ3n) is 4.60. The van der Waals surface area contributed by atoms with Gasteiger partial charge in [-0.3, -0.25) is 4.79 Å². The van der Waals surface area contributed by atoms with E-state index in [4.69, 9.17) is 11.6 Å². The van der Waals surface area contributed by atoms with Gasteiger partial charge in [-0.1, -0.05) is 11.6 Å². The van der Waals surface area contributed by atoms with Crippen LogP contribution in [0.3, 0.4) is 0 Å². The summed E-state index contributed by atoms with van der Waals surface area (Å²) in [5.41, 5.74) is 2.13. The Bertz CT molecular complexity index is 1140. The van der Waals surface area contributed by atoms with Crippen molar-refractivity contribution in [2.45, 2.75) is 31.2 Å². The van der Waals surface area contributed by atoms with E-state index in [1.54, 1.807) is 42.5 Å². The van der Waals surface area contributed by atoms with Crippen LogP contribution in [-0.4, -0.2) is 42.3 Å². The zero-order valence-corrected chi connectivity index (χ0v) is 18.1. The van der Waals surface area contributed by atoms with Crippen LogP contribution in [0.1, 0.15) is 19.2 Å². The van der Waals surface area contributed by atoms with E-state index in [2.05, 4.69) is 10.3 Å². The Morgan fingerprint density at radius 3 is 2.48 bits per heavy atom. The van der Waals surface area contributed by atoms with Gasteiger partial charge in [0.2, 0.25) is 15.9 Å². The van der Waals surface area contributed by atoms with E-state index >= 15 is 0 Å². The molecule has 3 aromatic rings. The van der Waals surface area contributed by atoms with E-state index in [0.717, 1.165) is 11.3 Å². The average Bonchev–Trinajstić information content (AvgIpc) is 3.04. The van der Waals surface area contributed by atoms with E-state index in [-0.39, 0.29) is 17.2 Å². The minimum atomic E-state index is -3.53. The van der Waals surface area contributed by atoms with Crippen molar-refractivity contribution in [1.82, 2.24) is 13.9 Å². The third kappa shape index (κ3) is 4.60. The van der Waals surface area contributed by atoms with Crippen molar-refractivity contribution in [3.8, 4) is 0 Å². The SMILES string of the molecule is CCn1c(CCC(=O)Nc2ccc(Cl)cc2)nc2cc(S(=O)(=O)N(C)C)ccc21. The Hall–Kier alpha value is -2.42. The fraction of sp³-hybridized carbons (Fsp3) is 0.300. The first-order valence-electron chi connectivity index (χ1n) is 9.19. The Morgan fingerprint density at radius 1 is 1.17 bits per heavy atom. The van der Waals surface area contributed by atoms with Gasteiger partial charge in [0.15, 0.2) is 0 Å². The number of nitrogens with zero attached hydrogens (tertiary/aromatic N) is 3. The number of hydrogen-bond acceptors (Lipinski definition) is 4. The smallest absolute Gasteiger partial charge is 0.242 e. The van der Waals surface area contributed by atoms with Crippen LogP contribution in [0.15, 0.2) is 47.4 Å². The zero-order valence-electron chi connectivity index (χ0n) is 16.5. The molecule has 0 saturated heterocycles. The molecule has 2 aromatic carbocycles. The number of carbonyl (C=O) groups is 1. The number of carbonyl (C=O) groups excluding carboxylic acids is 1. The standard InChI is InChI=1S/C20H23ClN4O3S/c1-4-25-18-10-9-16(29(27,28)24(2)3)13-17(18)23-19(25)11-12-20(26)22-15-7-5-14(21)6-8-15/h5-10,13H,4,11-12H2,1-3H3,(H,22,26). The number of benzene rings is 2. The molecule has 0 radical (unpaired) electrons. The molecule has 0 atom stereocenters. The van der Waals surface area contributed by atoms with Crippen molar-refractivity contribution in [3.63, 3.8) is 0 Å². The molecule has 7 nitrogen and oxygen atoms in total. The van der Waals surface area contributed by atoms with Gasteiger partial charge in [0.25, 0.3) is 0 Å². The van der Waals surface area contributed by atoms with Gasteiger partial charge >= 0.3 is 0 Å². The quantitative estimate of drug-likeness (QED) is 0.616. The minimum absolute atomic E-state index is 0.127. The van der Waals surface area contributed by atoms with Crippen molar-refractivity contribution < 1.29 is 13.2 Å². The molecule has 0 fully saturated rings. The van der Waals surface area contributed by atoms with Crippen LogP contribution in [-0.2, 0) is 27.8 Å². The fourth-order valence-corrected chi connectivity index (χ4v) is 4.10. The maximum atomic E-state index is 12.4. The van der Waals surface area contributed by atoms with Crippen molar-refractivity contribution in [3.05, 3.63) is 53.3 Å². The summed E-state index contributed by atoms with van der Waals surface area (Å²) in [5.74, 6) is 0.617. The van der Waals surface area contributed by atoms with E-state index in [9.17, 15) is 13.2 Å². The first kappa shape index (κ1) is 21.3. The molecule has 1 aromatic heterocycles. The number of imidazole rings is 1. The van der Waals surface area contributed by atoms with Gasteiger partial charge in [-0.05, 0) is 49.4 Å². The molecule has 0 spiro atoms. The fourth-order valence-electron chi connectivity index (χ4n) is 3.06. The van der Waals surface area contributed by atoms with Gasteiger partial charge in [-0.25, -0.2) is 17.7 Å². The lowest BCUT2D eigenvalue weighted by molar-refractivity contribution is -0.116. The number of aryl methyl sites for hydroxylation is 2. The summed E-state index contributed by atoms with van der Waals surface area (Å²) in [6.45, 7) is 2.66. The molecule has 9 heteroatoms. The highest BCUT2D eigenvalue weighted by Gasteiger charge is 2.19. The van der Waals surface area contributed by atoms with Crippen molar-refractivity contribution >= 4 is 44.3 Å². The predicted molar refractivity (Wildman–Crippen MR) is 115 cm³/mol. The highest BCUT2D eigenvalue weighted by molar-refractivity contribution is 7.89. The highest BCUT2D eigenvalue weighted by Crippen LogP contribution is 2.23. The summed E-state index contributed by atoms with van der Waals surface area (Å²) < 4.78 is 27.9. The Labute approximate surface area is 175 Å². The van der Waals surface area contributed by atoms with Crippen LogP contribution >= 0.6 is 11.6 Å². The second kappa shape index (κ2) is 8.52. The molecule has 154 valence electrons. The second-order valence-electron chi connectivity index (χ2n) is 6.77. The highest BCUT2D eigenvalue weighted by atomic mass is 35.5. The normalized spacial score (nSPS) is 11.9. The minimum Gasteiger partial charge on any atom is -0.328 e. The average molecular weight is 435 g/mol. The van der Waals surface area contributed by atoms with Crippen molar-refractivity contribution in [1.29, 1.82) is 0 Å². The lowest BCUT2D eigenvalue weighted by atomic mass is 10.2. The largest absolute Gasteiger partial charge is 0.328 e. The summed E-state index contributed by atoms with van der Waals surface area (Å²) in [6.07, 6.45) is 0.701. The number of amides is 1. The van der Waals surface area contributed by atoms with E-state index in [0.29, 0.717) is 29.2 Å². The van der Waals surface area contributed by atoms with Gasteiger partial charge in [0, 0.05) is 44.2 Å². The zero-order chi connectivity index (χ0) is 21.2. The molecule has 3 rings (SSSR count). The van der Waals surface area contributed by atoms with Crippen LogP contribution in [0.25, 0.3) is 11.0 Å². The number of rotatable bonds is 7. The lowest BCUT2D eigenvalue weighted by Gasteiger charge is -2.11. The van der Waals surface area contributed by atoms with Crippen LogP contribution in [0, 0.1) is 0 Å². The molecule has 29 heavy (non-hydrogen) atoms. The summed E-state index contributed by atoms with van der Waals surface area (Å²) >= 11 is 5.85. The van der Waals surface area contributed by atoms with Gasteiger partial charge in [-0.15, -0.1) is 0 Å². The summed E-state index contributed by atoms with van der Waals surface area (Å²) in [4.78, 5) is 17.1. The Kier molecular flexibility index (Phi) is 6.26. The van der Waals surface area contributed by atoms with Crippen molar-refractivity contribution in [2.24, 2.45) is 0 Å². The van der Waals surface area contributed by atoms with Gasteiger partial charge in [0.1, 0.15) is 5.82 Å². The molecular formula is C20H23ClN4O3S. The maximum absolute atomic E-state index is 12.4. The first-order valence-corrected chi connectivity index (χ1v) is 11.0. The monoisotopic (exact) mass is 434 g/mol. The first-order chi connectivity index (χ1) is 13.7. The van der Waals surface area contributed by atoms with E-state index in [1.807, 2.05) is 11.5 Å². The molecule has 0 aliphatic rings. The molecule has 0 bridgehead atoms. The number of anilines is 1. The number of fused-ring (bicyclic) bond motifs is 1. The van der Waals surface area contributed by atoms with Crippen molar-refractivity contribution in [2.75, 3.05) is 19.4 Å². The van der Waals surface area contributed by atoms with Gasteiger partial charge in [0.05, 0.1) is 15.9 Å². The molecule has 0 saturated carbocycles. The number of aromatic nitrogens is 2. The molecule has 1 amide bonds. The molecule has 0 unspecified atom stereocenters. The number of hydrogen-bond donors (Lipinski definition) is 1. The number of sulfonamides is 1. The van der Waals surface area contributed by atoms with Crippen LogP contribution in [0.5, 0.6) is 0 Å². The molecule has 0 aliphatic carbocycles. The summed E-state index contributed by atoms with van der Waals surface area (Å²) in [5, 5.41) is 3.44. The topological polar surface area (TPSA) is 84.3 Å². The van der Waals surface area contributed by atoms with Crippen LogP contribution < -0.4 is 5.32 Å². The molecule has 1 N–H and O–H groups in total. The summed E-state index contributed by atoms with van der Waals surface area (Å²) in [6, 6.07) is 11.8. The predicted octanol–water partition coefficient (Wildman–Crippen LogP) is 3.53. The van der Waals surface area contributed by atoms with Gasteiger partial charge in [-0.2, -0.15) is 0 Å². The molecular weight excluding hydrogens is 412 g/mol. The van der Waals surface area contributed by atoms with E-state index < -0.39 is 10.0 Å². The Morgan fingerprint density at radius 2 is 1.86 bits per heavy atom. The summed E-state index contributed by atoms with van der Waals surface area (Å²) in [7, 11) is -0.542. The third-order valence-corrected chi connectivity index (χ3v) is 6.66. The van der Waals surface area contributed by atoms with E-state index in [1.165, 1.54) is 18.4 Å². The number of nitrogens with one attached hydrogen (secondary N) is 1. The second-order valence-corrected chi connectivity index (χ2v) is 9.35. The molecule has 1 heterocycles. The maximum Gasteiger partial charge on any atom is 0.242 e. The Balaban J connectivity index is 1.80. The molecule has 0 aliphatic heterocycles.